The fourth-order valence-corrected chi connectivity index (χ4v) is 7.08. The van der Waals surface area contributed by atoms with Crippen LogP contribution in [0.4, 0.5) is 13.2 Å². The van der Waals surface area contributed by atoms with E-state index in [0.29, 0.717) is 49.8 Å². The van der Waals surface area contributed by atoms with E-state index in [2.05, 4.69) is 5.32 Å². The monoisotopic (exact) mass is 583 g/mol. The maximum absolute atomic E-state index is 13.6. The number of hydrogen-bond acceptors (Lipinski definition) is 6. The highest BCUT2D eigenvalue weighted by atomic mass is 32.2. The quantitative estimate of drug-likeness (QED) is 0.474. The van der Waals surface area contributed by atoms with Gasteiger partial charge >= 0.3 is 6.18 Å². The Morgan fingerprint density at radius 3 is 2.33 bits per heavy atom. The second kappa shape index (κ2) is 11.6. The van der Waals surface area contributed by atoms with E-state index in [1.165, 1.54) is 10.4 Å². The number of halogens is 3. The van der Waals surface area contributed by atoms with Gasteiger partial charge in [0.1, 0.15) is 0 Å². The van der Waals surface area contributed by atoms with E-state index in [-0.39, 0.29) is 24.9 Å². The number of methoxy groups -OCH3 is 2. The molecule has 0 aliphatic carbocycles. The minimum Gasteiger partial charge on any atom is -0.493 e. The summed E-state index contributed by atoms with van der Waals surface area (Å²) < 4.78 is 78.1. The highest BCUT2D eigenvalue weighted by Gasteiger charge is 2.52. The van der Waals surface area contributed by atoms with Crippen molar-refractivity contribution in [3.8, 4) is 11.5 Å². The van der Waals surface area contributed by atoms with Gasteiger partial charge in [-0.25, -0.2) is 8.42 Å². The number of ether oxygens (including phenoxy) is 2. The summed E-state index contributed by atoms with van der Waals surface area (Å²) in [5.41, 5.74) is -0.798. The summed E-state index contributed by atoms with van der Waals surface area (Å²) in [6, 6.07) is 9.01. The molecule has 2 fully saturated rings. The Morgan fingerprint density at radius 1 is 1.05 bits per heavy atom. The van der Waals surface area contributed by atoms with Crippen LogP contribution in [0, 0.1) is 5.92 Å². The number of alkyl halides is 3. The van der Waals surface area contributed by atoms with Crippen molar-refractivity contribution < 1.29 is 35.9 Å². The third-order valence-corrected chi connectivity index (χ3v) is 9.55. The van der Waals surface area contributed by atoms with Crippen molar-refractivity contribution in [3.63, 3.8) is 0 Å². The molecule has 12 heteroatoms. The molecule has 2 aromatic carbocycles. The first-order chi connectivity index (χ1) is 18.8. The minimum atomic E-state index is -4.65. The van der Waals surface area contributed by atoms with Crippen LogP contribution in [-0.2, 0) is 27.4 Å². The Morgan fingerprint density at radius 2 is 1.73 bits per heavy atom. The summed E-state index contributed by atoms with van der Waals surface area (Å²) in [4.78, 5) is 15.0. The van der Waals surface area contributed by atoms with E-state index < -0.39 is 38.4 Å². The van der Waals surface area contributed by atoms with E-state index in [4.69, 9.17) is 9.47 Å². The van der Waals surface area contributed by atoms with E-state index in [0.717, 1.165) is 17.7 Å². The SMILES string of the molecule is COc1ccc(CCN2C(=O)C(CC(C)C)NC23CCN(S(=O)(=O)c2cccc(C(F)(F)F)c2)CC3)cc1OC. The maximum Gasteiger partial charge on any atom is 0.416 e. The van der Waals surface area contributed by atoms with Crippen molar-refractivity contribution in [1.82, 2.24) is 14.5 Å². The lowest BCUT2D eigenvalue weighted by Gasteiger charge is -2.44. The van der Waals surface area contributed by atoms with Crippen LogP contribution in [0.15, 0.2) is 47.4 Å². The molecule has 2 heterocycles. The van der Waals surface area contributed by atoms with Crippen LogP contribution in [0.3, 0.4) is 0 Å². The highest BCUT2D eigenvalue weighted by molar-refractivity contribution is 7.89. The van der Waals surface area contributed by atoms with Crippen LogP contribution in [0.2, 0.25) is 0 Å². The number of carbonyl (C=O) groups excluding carboxylic acids is 1. The van der Waals surface area contributed by atoms with Gasteiger partial charge in [-0.1, -0.05) is 26.0 Å². The number of amides is 1. The van der Waals surface area contributed by atoms with Gasteiger partial charge in [0.25, 0.3) is 0 Å². The van der Waals surface area contributed by atoms with Gasteiger partial charge < -0.3 is 14.4 Å². The standard InChI is InChI=1S/C28H36F3N3O5S/c1-19(2)16-23-26(35)34(13-10-20-8-9-24(38-3)25(17-20)39-4)27(32-23)11-14-33(15-12-27)40(36,37)22-7-5-6-21(18-22)28(29,30)31/h5-9,17-19,23,32H,10-16H2,1-4H3. The average Bonchev–Trinajstić information content (AvgIpc) is 3.15. The molecule has 0 saturated carbocycles. The molecule has 0 bridgehead atoms. The summed E-state index contributed by atoms with van der Waals surface area (Å²) in [5.74, 6) is 1.44. The van der Waals surface area contributed by atoms with Gasteiger partial charge in [0.15, 0.2) is 11.5 Å². The molecule has 8 nitrogen and oxygen atoms in total. The van der Waals surface area contributed by atoms with E-state index in [1.807, 2.05) is 36.9 Å². The fourth-order valence-electron chi connectivity index (χ4n) is 5.59. The number of sulfonamides is 1. The minimum absolute atomic E-state index is 0.0247. The summed E-state index contributed by atoms with van der Waals surface area (Å²) in [6.45, 7) is 4.63. The molecular weight excluding hydrogens is 547 g/mol. The maximum atomic E-state index is 13.6. The Kier molecular flexibility index (Phi) is 8.72. The van der Waals surface area contributed by atoms with Crippen LogP contribution in [0.25, 0.3) is 0 Å². The summed E-state index contributed by atoms with van der Waals surface area (Å²) in [5, 5.41) is 3.52. The number of hydrogen-bond donors (Lipinski definition) is 1. The molecule has 0 aromatic heterocycles. The van der Waals surface area contributed by atoms with Gasteiger partial charge in [0.2, 0.25) is 15.9 Å². The lowest BCUT2D eigenvalue weighted by Crippen LogP contribution is -2.59. The Labute approximate surface area is 233 Å². The molecule has 2 aliphatic rings. The third kappa shape index (κ3) is 6.08. The molecule has 220 valence electrons. The van der Waals surface area contributed by atoms with Crippen LogP contribution in [0.1, 0.15) is 44.2 Å². The largest absolute Gasteiger partial charge is 0.493 e. The van der Waals surface area contributed by atoms with Crippen LogP contribution in [0.5, 0.6) is 11.5 Å². The predicted molar refractivity (Wildman–Crippen MR) is 144 cm³/mol. The zero-order chi connectivity index (χ0) is 29.3. The molecule has 2 aliphatic heterocycles. The molecule has 4 rings (SSSR count). The first kappa shape index (κ1) is 30.1. The van der Waals surface area contributed by atoms with Crippen LogP contribution in [-0.4, -0.2) is 69.1 Å². The third-order valence-electron chi connectivity index (χ3n) is 7.65. The van der Waals surface area contributed by atoms with Crippen molar-refractivity contribution in [2.24, 2.45) is 5.92 Å². The molecule has 1 unspecified atom stereocenters. The molecule has 1 amide bonds. The van der Waals surface area contributed by atoms with Gasteiger partial charge in [0.05, 0.1) is 36.4 Å². The summed E-state index contributed by atoms with van der Waals surface area (Å²) >= 11 is 0. The number of piperidine rings is 1. The number of nitrogens with zero attached hydrogens (tertiary/aromatic N) is 2. The van der Waals surface area contributed by atoms with Crippen molar-refractivity contribution in [1.29, 1.82) is 0 Å². The molecule has 1 spiro atoms. The number of carbonyl (C=O) groups is 1. The second-order valence-corrected chi connectivity index (χ2v) is 12.7. The van der Waals surface area contributed by atoms with E-state index in [9.17, 15) is 26.4 Å². The van der Waals surface area contributed by atoms with Gasteiger partial charge in [-0.05, 0) is 67.5 Å². The normalized spacial score (nSPS) is 19.9. The van der Waals surface area contributed by atoms with Gasteiger partial charge in [-0.15, -0.1) is 0 Å². The predicted octanol–water partition coefficient (Wildman–Crippen LogP) is 4.29. The molecule has 1 N–H and O–H groups in total. The van der Waals surface area contributed by atoms with Crippen LogP contribution >= 0.6 is 0 Å². The Balaban J connectivity index is 1.54. The van der Waals surface area contributed by atoms with Crippen molar-refractivity contribution in [2.45, 2.75) is 62.3 Å². The average molecular weight is 584 g/mol. The Bertz CT molecular complexity index is 1320. The first-order valence-electron chi connectivity index (χ1n) is 13.3. The molecule has 0 radical (unpaired) electrons. The number of nitrogens with one attached hydrogen (secondary N) is 1. The topological polar surface area (TPSA) is 88.2 Å². The molecule has 2 saturated heterocycles. The molecule has 1 atom stereocenters. The fraction of sp³-hybridized carbons (Fsp3) is 0.536. The first-order valence-corrected chi connectivity index (χ1v) is 14.7. The summed E-state index contributed by atoms with van der Waals surface area (Å²) in [7, 11) is -1.03. The molecular formula is C28H36F3N3O5S. The van der Waals surface area contributed by atoms with Gasteiger partial charge in [0, 0.05) is 19.6 Å². The molecule has 40 heavy (non-hydrogen) atoms. The second-order valence-electron chi connectivity index (χ2n) is 10.7. The van der Waals surface area contributed by atoms with Gasteiger partial charge in [-0.2, -0.15) is 17.5 Å². The zero-order valence-electron chi connectivity index (χ0n) is 23.1. The van der Waals surface area contributed by atoms with Crippen LogP contribution < -0.4 is 14.8 Å². The lowest BCUT2D eigenvalue weighted by atomic mass is 9.96. The highest BCUT2D eigenvalue weighted by Crippen LogP contribution is 2.37. The van der Waals surface area contributed by atoms with E-state index in [1.54, 1.807) is 14.2 Å². The summed E-state index contributed by atoms with van der Waals surface area (Å²) in [6.07, 6.45) is -2.82. The number of rotatable bonds is 9. The smallest absolute Gasteiger partial charge is 0.416 e. The van der Waals surface area contributed by atoms with Gasteiger partial charge in [-0.3, -0.25) is 10.1 Å². The lowest BCUT2D eigenvalue weighted by molar-refractivity contribution is -0.137. The van der Waals surface area contributed by atoms with Crippen molar-refractivity contribution in [3.05, 3.63) is 53.6 Å². The van der Waals surface area contributed by atoms with Crippen molar-refractivity contribution in [2.75, 3.05) is 33.9 Å². The Hall–Kier alpha value is -2.83. The molecule has 2 aromatic rings. The van der Waals surface area contributed by atoms with Crippen molar-refractivity contribution >= 4 is 15.9 Å². The zero-order valence-corrected chi connectivity index (χ0v) is 23.9. The number of benzene rings is 2. The van der Waals surface area contributed by atoms with E-state index >= 15 is 0 Å².